The van der Waals surface area contributed by atoms with Crippen LogP contribution in [0.1, 0.15) is 18.4 Å². The minimum absolute atomic E-state index is 0.595. The van der Waals surface area contributed by atoms with Crippen molar-refractivity contribution >= 4 is 17.5 Å². The van der Waals surface area contributed by atoms with Gasteiger partial charge in [0, 0.05) is 29.1 Å². The van der Waals surface area contributed by atoms with E-state index in [1.165, 1.54) is 12.8 Å². The number of imidazole rings is 1. The second-order valence-corrected chi connectivity index (χ2v) is 4.88. The maximum Gasteiger partial charge on any atom is 0.207 e. The van der Waals surface area contributed by atoms with Crippen LogP contribution in [-0.4, -0.2) is 15.6 Å². The van der Waals surface area contributed by atoms with E-state index in [0.717, 1.165) is 22.2 Å². The van der Waals surface area contributed by atoms with E-state index in [1.807, 2.05) is 29.8 Å². The van der Waals surface area contributed by atoms with Crippen LogP contribution in [0.3, 0.4) is 0 Å². The molecule has 3 nitrogen and oxygen atoms in total. The second kappa shape index (κ2) is 4.08. The Kier molecular flexibility index (Phi) is 2.56. The van der Waals surface area contributed by atoms with Gasteiger partial charge in [0.2, 0.25) is 5.95 Å². The molecule has 1 aliphatic rings. The van der Waals surface area contributed by atoms with Crippen LogP contribution in [0, 0.1) is 6.92 Å². The minimum atomic E-state index is 0.595. The molecule has 88 valence electrons. The topological polar surface area (TPSA) is 29.9 Å². The molecule has 0 atom stereocenters. The zero-order valence-corrected chi connectivity index (χ0v) is 10.4. The Labute approximate surface area is 105 Å². The van der Waals surface area contributed by atoms with Crippen molar-refractivity contribution in [2.24, 2.45) is 0 Å². The zero-order chi connectivity index (χ0) is 11.8. The van der Waals surface area contributed by atoms with Gasteiger partial charge in [-0.05, 0) is 37.5 Å². The SMILES string of the molecule is Cc1ccc(-n2ccnc2NC2CC2)cc1Cl. The van der Waals surface area contributed by atoms with E-state index in [-0.39, 0.29) is 0 Å². The lowest BCUT2D eigenvalue weighted by Crippen LogP contribution is -2.07. The third-order valence-corrected chi connectivity index (χ3v) is 3.39. The molecule has 1 aliphatic carbocycles. The molecule has 17 heavy (non-hydrogen) atoms. The molecule has 1 saturated carbocycles. The quantitative estimate of drug-likeness (QED) is 0.901. The Hall–Kier alpha value is -1.48. The molecule has 1 fully saturated rings. The summed E-state index contributed by atoms with van der Waals surface area (Å²) < 4.78 is 2.03. The first kappa shape index (κ1) is 10.7. The molecule has 4 heteroatoms. The van der Waals surface area contributed by atoms with Crippen molar-refractivity contribution in [3.63, 3.8) is 0 Å². The largest absolute Gasteiger partial charge is 0.353 e. The summed E-state index contributed by atoms with van der Waals surface area (Å²) in [5.41, 5.74) is 2.13. The van der Waals surface area contributed by atoms with E-state index in [4.69, 9.17) is 11.6 Å². The summed E-state index contributed by atoms with van der Waals surface area (Å²) in [6, 6.07) is 6.65. The van der Waals surface area contributed by atoms with E-state index in [2.05, 4.69) is 16.4 Å². The molecule has 1 aromatic carbocycles. The fourth-order valence-electron chi connectivity index (χ4n) is 1.76. The Morgan fingerprint density at radius 3 is 2.94 bits per heavy atom. The monoisotopic (exact) mass is 247 g/mol. The van der Waals surface area contributed by atoms with E-state index in [0.29, 0.717) is 6.04 Å². The van der Waals surface area contributed by atoms with Gasteiger partial charge in [-0.25, -0.2) is 4.98 Å². The summed E-state index contributed by atoms with van der Waals surface area (Å²) in [6.45, 7) is 2.00. The molecule has 1 heterocycles. The number of nitrogens with zero attached hydrogens (tertiary/aromatic N) is 2. The van der Waals surface area contributed by atoms with Gasteiger partial charge in [0.05, 0.1) is 0 Å². The number of aryl methyl sites for hydroxylation is 1. The number of rotatable bonds is 3. The van der Waals surface area contributed by atoms with Crippen LogP contribution in [0.2, 0.25) is 5.02 Å². The van der Waals surface area contributed by atoms with Gasteiger partial charge in [-0.3, -0.25) is 4.57 Å². The molecule has 0 spiro atoms. The molecular formula is C13H14ClN3. The van der Waals surface area contributed by atoms with Gasteiger partial charge in [0.25, 0.3) is 0 Å². The van der Waals surface area contributed by atoms with Crippen molar-refractivity contribution in [3.8, 4) is 5.69 Å². The minimum Gasteiger partial charge on any atom is -0.353 e. The number of halogens is 1. The summed E-state index contributed by atoms with van der Waals surface area (Å²) in [5.74, 6) is 0.896. The van der Waals surface area contributed by atoms with Crippen molar-refractivity contribution in [3.05, 3.63) is 41.2 Å². The first-order valence-corrected chi connectivity index (χ1v) is 6.18. The average Bonchev–Trinajstić information content (AvgIpc) is 3.00. The van der Waals surface area contributed by atoms with Crippen LogP contribution >= 0.6 is 11.6 Å². The van der Waals surface area contributed by atoms with Crippen LogP contribution in [0.15, 0.2) is 30.6 Å². The third kappa shape index (κ3) is 2.15. The van der Waals surface area contributed by atoms with Crippen LogP contribution < -0.4 is 5.32 Å². The first-order chi connectivity index (χ1) is 8.24. The Bertz CT molecular complexity index is 543. The summed E-state index contributed by atoms with van der Waals surface area (Å²) in [6.07, 6.45) is 6.23. The Morgan fingerprint density at radius 2 is 2.24 bits per heavy atom. The van der Waals surface area contributed by atoms with Gasteiger partial charge in [0.1, 0.15) is 0 Å². The first-order valence-electron chi connectivity index (χ1n) is 5.80. The fourth-order valence-corrected chi connectivity index (χ4v) is 1.94. The molecule has 1 N–H and O–H groups in total. The third-order valence-electron chi connectivity index (χ3n) is 2.98. The highest BCUT2D eigenvalue weighted by molar-refractivity contribution is 6.31. The lowest BCUT2D eigenvalue weighted by atomic mass is 10.2. The van der Waals surface area contributed by atoms with Crippen molar-refractivity contribution in [2.45, 2.75) is 25.8 Å². The Morgan fingerprint density at radius 1 is 1.41 bits per heavy atom. The van der Waals surface area contributed by atoms with Gasteiger partial charge >= 0.3 is 0 Å². The lowest BCUT2D eigenvalue weighted by molar-refractivity contribution is 1.00. The number of aromatic nitrogens is 2. The molecule has 2 aromatic rings. The normalized spacial score (nSPS) is 14.9. The van der Waals surface area contributed by atoms with Crippen LogP contribution in [0.4, 0.5) is 5.95 Å². The van der Waals surface area contributed by atoms with Crippen molar-refractivity contribution in [1.82, 2.24) is 9.55 Å². The molecule has 0 radical (unpaired) electrons. The predicted molar refractivity (Wildman–Crippen MR) is 70.0 cm³/mol. The maximum atomic E-state index is 6.15. The van der Waals surface area contributed by atoms with Crippen LogP contribution in [-0.2, 0) is 0 Å². The molecule has 0 unspecified atom stereocenters. The van der Waals surface area contributed by atoms with Gasteiger partial charge in [-0.1, -0.05) is 17.7 Å². The second-order valence-electron chi connectivity index (χ2n) is 4.47. The van der Waals surface area contributed by atoms with Gasteiger partial charge in [0.15, 0.2) is 0 Å². The lowest BCUT2D eigenvalue weighted by Gasteiger charge is -2.10. The fraction of sp³-hybridized carbons (Fsp3) is 0.308. The van der Waals surface area contributed by atoms with Gasteiger partial charge < -0.3 is 5.32 Å². The van der Waals surface area contributed by atoms with Crippen LogP contribution in [0.5, 0.6) is 0 Å². The number of anilines is 1. The van der Waals surface area contributed by atoms with Gasteiger partial charge in [-0.15, -0.1) is 0 Å². The molecule has 0 amide bonds. The van der Waals surface area contributed by atoms with Gasteiger partial charge in [-0.2, -0.15) is 0 Å². The highest BCUT2D eigenvalue weighted by Gasteiger charge is 2.22. The summed E-state index contributed by atoms with van der Waals surface area (Å²) in [4.78, 5) is 4.33. The zero-order valence-electron chi connectivity index (χ0n) is 9.65. The molecule has 0 saturated heterocycles. The maximum absolute atomic E-state index is 6.15. The van der Waals surface area contributed by atoms with Crippen molar-refractivity contribution in [1.29, 1.82) is 0 Å². The van der Waals surface area contributed by atoms with E-state index in [9.17, 15) is 0 Å². The molecule has 3 rings (SSSR count). The van der Waals surface area contributed by atoms with E-state index >= 15 is 0 Å². The van der Waals surface area contributed by atoms with Crippen molar-refractivity contribution in [2.75, 3.05) is 5.32 Å². The van der Waals surface area contributed by atoms with Crippen molar-refractivity contribution < 1.29 is 0 Å². The number of benzene rings is 1. The summed E-state index contributed by atoms with van der Waals surface area (Å²) in [5, 5.41) is 4.19. The number of nitrogens with one attached hydrogen (secondary N) is 1. The Balaban J connectivity index is 1.96. The average molecular weight is 248 g/mol. The number of hydrogen-bond acceptors (Lipinski definition) is 2. The molecule has 0 bridgehead atoms. The van der Waals surface area contributed by atoms with E-state index in [1.54, 1.807) is 6.20 Å². The smallest absolute Gasteiger partial charge is 0.207 e. The van der Waals surface area contributed by atoms with E-state index < -0.39 is 0 Å². The molecule has 0 aliphatic heterocycles. The van der Waals surface area contributed by atoms with Crippen LogP contribution in [0.25, 0.3) is 5.69 Å². The standard InChI is InChI=1S/C13H14ClN3/c1-9-2-5-11(8-12(9)14)17-7-6-15-13(17)16-10-3-4-10/h2,5-8,10H,3-4H2,1H3,(H,15,16). The molecule has 1 aromatic heterocycles. The molecular weight excluding hydrogens is 234 g/mol. The highest BCUT2D eigenvalue weighted by Crippen LogP contribution is 2.26. The highest BCUT2D eigenvalue weighted by atomic mass is 35.5. The summed E-state index contributed by atoms with van der Waals surface area (Å²) in [7, 11) is 0. The predicted octanol–water partition coefficient (Wildman–Crippen LogP) is 3.41. The number of hydrogen-bond donors (Lipinski definition) is 1. The summed E-state index contributed by atoms with van der Waals surface area (Å²) >= 11 is 6.15.